The van der Waals surface area contributed by atoms with E-state index < -0.39 is 0 Å². The molecule has 0 aromatic rings. The first-order valence-electron chi connectivity index (χ1n) is 3.91. The molecule has 0 amide bonds. The summed E-state index contributed by atoms with van der Waals surface area (Å²) in [6, 6.07) is 0. The molecule has 0 radical (unpaired) electrons. The van der Waals surface area contributed by atoms with Crippen molar-refractivity contribution in [2.24, 2.45) is 10.8 Å². The number of halogens is 1. The van der Waals surface area contributed by atoms with E-state index in [1.807, 2.05) is 0 Å². The van der Waals surface area contributed by atoms with E-state index in [2.05, 4.69) is 0 Å². The van der Waals surface area contributed by atoms with Crippen molar-refractivity contribution in [3.05, 3.63) is 0 Å². The van der Waals surface area contributed by atoms with Gasteiger partial charge in [0.1, 0.15) is 0 Å². The molecule has 10 heavy (non-hydrogen) atoms. The highest BCUT2D eigenvalue weighted by molar-refractivity contribution is 5.16. The average molecular weight is 144 g/mol. The number of aliphatic hydroxyl groups is 1. The molecule has 1 N–H and O–H groups in total. The van der Waals surface area contributed by atoms with Crippen molar-refractivity contribution < 1.29 is 9.50 Å². The van der Waals surface area contributed by atoms with Crippen LogP contribution in [-0.4, -0.2) is 18.4 Å². The fourth-order valence-electron chi connectivity index (χ4n) is 2.86. The lowest BCUT2D eigenvalue weighted by atomic mass is 9.35. The van der Waals surface area contributed by atoms with Crippen molar-refractivity contribution in [3.8, 4) is 0 Å². The van der Waals surface area contributed by atoms with Crippen LogP contribution in [0.4, 0.5) is 4.39 Å². The Balaban J connectivity index is 1.86. The van der Waals surface area contributed by atoms with Gasteiger partial charge in [-0.05, 0) is 36.5 Å². The standard InChI is InChI=1S/C8H13FO/c9-2-1-7-3-8(4-7,5-7)6-10/h10H,1-6H2. The summed E-state index contributed by atoms with van der Waals surface area (Å²) in [4.78, 5) is 0. The van der Waals surface area contributed by atoms with E-state index in [9.17, 15) is 4.39 Å². The van der Waals surface area contributed by atoms with Crippen molar-refractivity contribution in [1.29, 1.82) is 0 Å². The van der Waals surface area contributed by atoms with Crippen molar-refractivity contribution in [2.75, 3.05) is 13.3 Å². The number of hydrogen-bond acceptors (Lipinski definition) is 1. The maximum atomic E-state index is 11.9. The first-order chi connectivity index (χ1) is 4.74. The van der Waals surface area contributed by atoms with Crippen LogP contribution in [0, 0.1) is 10.8 Å². The lowest BCUT2D eigenvalue weighted by Gasteiger charge is -2.70. The zero-order valence-corrected chi connectivity index (χ0v) is 6.07. The van der Waals surface area contributed by atoms with E-state index in [1.165, 1.54) is 0 Å². The minimum Gasteiger partial charge on any atom is -0.396 e. The molecule has 0 aromatic carbocycles. The molecule has 0 saturated heterocycles. The zero-order chi connectivity index (χ0) is 7.24. The lowest BCUT2D eigenvalue weighted by Crippen LogP contribution is -2.63. The monoisotopic (exact) mass is 144 g/mol. The maximum Gasteiger partial charge on any atom is 0.0899 e. The summed E-state index contributed by atoms with van der Waals surface area (Å²) in [5.41, 5.74) is 0.604. The highest BCUT2D eigenvalue weighted by Gasteiger charge is 2.66. The molecule has 0 aliphatic heterocycles. The molecule has 0 aromatic heterocycles. The normalized spacial score (nSPS) is 49.8. The fourth-order valence-corrected chi connectivity index (χ4v) is 2.86. The minimum atomic E-state index is -0.179. The van der Waals surface area contributed by atoms with E-state index in [0.29, 0.717) is 12.0 Å². The van der Waals surface area contributed by atoms with Gasteiger partial charge in [0, 0.05) is 6.61 Å². The summed E-state index contributed by atoms with van der Waals surface area (Å²) in [5.74, 6) is 0. The van der Waals surface area contributed by atoms with Crippen molar-refractivity contribution in [2.45, 2.75) is 25.7 Å². The summed E-state index contributed by atoms with van der Waals surface area (Å²) < 4.78 is 11.9. The van der Waals surface area contributed by atoms with Crippen molar-refractivity contribution >= 4 is 0 Å². The van der Waals surface area contributed by atoms with Gasteiger partial charge in [-0.2, -0.15) is 0 Å². The van der Waals surface area contributed by atoms with Gasteiger partial charge in [-0.15, -0.1) is 0 Å². The quantitative estimate of drug-likeness (QED) is 0.636. The number of aliphatic hydroxyl groups excluding tert-OH is 1. The second-order valence-electron chi connectivity index (χ2n) is 4.13. The Morgan fingerprint density at radius 3 is 2.20 bits per heavy atom. The molecule has 58 valence electrons. The summed E-state index contributed by atoms with van der Waals surface area (Å²) in [7, 11) is 0. The Kier molecular flexibility index (Phi) is 1.14. The van der Waals surface area contributed by atoms with Crippen LogP contribution < -0.4 is 0 Å². The predicted octanol–water partition coefficient (Wildman–Crippen LogP) is 1.51. The smallest absolute Gasteiger partial charge is 0.0899 e. The van der Waals surface area contributed by atoms with Crippen LogP contribution >= 0.6 is 0 Å². The van der Waals surface area contributed by atoms with Gasteiger partial charge < -0.3 is 5.11 Å². The SMILES string of the molecule is OCC12CC(CCF)(C1)C2. The van der Waals surface area contributed by atoms with Gasteiger partial charge in [0.2, 0.25) is 0 Å². The molecule has 3 fully saturated rings. The van der Waals surface area contributed by atoms with Crippen LogP contribution in [0.15, 0.2) is 0 Å². The van der Waals surface area contributed by atoms with Gasteiger partial charge in [-0.3, -0.25) is 4.39 Å². The van der Waals surface area contributed by atoms with Crippen molar-refractivity contribution in [3.63, 3.8) is 0 Å². The van der Waals surface area contributed by atoms with E-state index in [4.69, 9.17) is 5.11 Å². The average Bonchev–Trinajstić information content (AvgIpc) is 1.74. The third-order valence-corrected chi connectivity index (χ3v) is 3.21. The molecular weight excluding hydrogens is 131 g/mol. The molecule has 3 aliphatic rings. The highest BCUT2D eigenvalue weighted by Crippen LogP contribution is 2.74. The molecule has 3 aliphatic carbocycles. The molecule has 2 heteroatoms. The number of alkyl halides is 1. The van der Waals surface area contributed by atoms with Gasteiger partial charge in [0.25, 0.3) is 0 Å². The van der Waals surface area contributed by atoms with Gasteiger partial charge in [0.15, 0.2) is 0 Å². The number of hydrogen-bond donors (Lipinski definition) is 1. The van der Waals surface area contributed by atoms with E-state index in [-0.39, 0.29) is 12.1 Å². The number of rotatable bonds is 3. The molecule has 3 rings (SSSR count). The molecular formula is C8H13FO. The fraction of sp³-hybridized carbons (Fsp3) is 1.00. The first kappa shape index (κ1) is 6.59. The highest BCUT2D eigenvalue weighted by atomic mass is 19.1. The van der Waals surface area contributed by atoms with Gasteiger partial charge in [-0.25, -0.2) is 0 Å². The zero-order valence-electron chi connectivity index (χ0n) is 6.07. The van der Waals surface area contributed by atoms with Gasteiger partial charge >= 0.3 is 0 Å². The third kappa shape index (κ3) is 0.605. The van der Waals surface area contributed by atoms with Crippen LogP contribution in [0.5, 0.6) is 0 Å². The van der Waals surface area contributed by atoms with Crippen LogP contribution in [0.1, 0.15) is 25.7 Å². The Hall–Kier alpha value is -0.110. The minimum absolute atomic E-state index is 0.179. The van der Waals surface area contributed by atoms with Crippen LogP contribution in [0.25, 0.3) is 0 Å². The Bertz CT molecular complexity index is 136. The second kappa shape index (κ2) is 1.73. The Morgan fingerprint density at radius 2 is 1.80 bits per heavy atom. The largest absolute Gasteiger partial charge is 0.396 e. The van der Waals surface area contributed by atoms with Gasteiger partial charge in [0.05, 0.1) is 6.67 Å². The Labute approximate surface area is 60.2 Å². The Morgan fingerprint density at radius 1 is 1.20 bits per heavy atom. The summed E-state index contributed by atoms with van der Waals surface area (Å²) in [6.07, 6.45) is 3.98. The van der Waals surface area contributed by atoms with E-state index in [0.717, 1.165) is 25.7 Å². The maximum absolute atomic E-state index is 11.9. The van der Waals surface area contributed by atoms with Crippen molar-refractivity contribution in [1.82, 2.24) is 0 Å². The summed E-state index contributed by atoms with van der Waals surface area (Å²) in [6.45, 7) is 0.141. The van der Waals surface area contributed by atoms with Crippen LogP contribution in [-0.2, 0) is 0 Å². The van der Waals surface area contributed by atoms with Crippen LogP contribution in [0.3, 0.4) is 0 Å². The molecule has 1 nitrogen and oxygen atoms in total. The molecule has 2 bridgehead atoms. The molecule has 0 unspecified atom stereocenters. The second-order valence-corrected chi connectivity index (χ2v) is 4.13. The van der Waals surface area contributed by atoms with Crippen LogP contribution in [0.2, 0.25) is 0 Å². The van der Waals surface area contributed by atoms with E-state index >= 15 is 0 Å². The molecule has 0 atom stereocenters. The molecule has 0 heterocycles. The molecule has 0 spiro atoms. The summed E-state index contributed by atoms with van der Waals surface area (Å²) in [5, 5.41) is 8.87. The molecule has 3 saturated carbocycles. The van der Waals surface area contributed by atoms with Gasteiger partial charge in [-0.1, -0.05) is 0 Å². The first-order valence-corrected chi connectivity index (χ1v) is 3.91. The summed E-state index contributed by atoms with van der Waals surface area (Å²) >= 11 is 0. The third-order valence-electron chi connectivity index (χ3n) is 3.21. The van der Waals surface area contributed by atoms with E-state index in [1.54, 1.807) is 0 Å². The lowest BCUT2D eigenvalue weighted by molar-refractivity contribution is -0.227. The predicted molar refractivity (Wildman–Crippen MR) is 36.4 cm³/mol. The topological polar surface area (TPSA) is 20.2 Å².